The van der Waals surface area contributed by atoms with Gasteiger partial charge >= 0.3 is 5.97 Å². The first-order valence-electron chi connectivity index (χ1n) is 7.74. The summed E-state index contributed by atoms with van der Waals surface area (Å²) in [7, 11) is 0. The molecule has 1 unspecified atom stereocenters. The first kappa shape index (κ1) is 17.6. The van der Waals surface area contributed by atoms with Crippen molar-refractivity contribution in [3.05, 3.63) is 54.1 Å². The Bertz CT molecular complexity index is 620. The van der Waals surface area contributed by atoms with Gasteiger partial charge in [-0.05, 0) is 49.6 Å². The van der Waals surface area contributed by atoms with Gasteiger partial charge in [0, 0.05) is 18.1 Å². The zero-order valence-corrected chi connectivity index (χ0v) is 14.3. The maximum absolute atomic E-state index is 11.1. The molecule has 1 atom stereocenters. The minimum atomic E-state index is -0.782. The van der Waals surface area contributed by atoms with Crippen molar-refractivity contribution in [1.82, 2.24) is 0 Å². The number of fused-ring (bicyclic) bond motifs is 1. The van der Waals surface area contributed by atoms with E-state index < -0.39 is 11.2 Å². The number of aliphatic carboxylic acids is 1. The Labute approximate surface area is 141 Å². The topological polar surface area (TPSA) is 46.5 Å². The molecule has 1 aromatic carbocycles. The van der Waals surface area contributed by atoms with Crippen LogP contribution in [0, 0.1) is 6.92 Å². The molecule has 2 aliphatic rings. The van der Waals surface area contributed by atoms with E-state index in [0.717, 1.165) is 4.90 Å². The van der Waals surface area contributed by atoms with Crippen LogP contribution in [0.25, 0.3) is 11.1 Å². The summed E-state index contributed by atoms with van der Waals surface area (Å²) in [5, 5.41) is 8.67. The monoisotopic (exact) mass is 330 g/mol. The van der Waals surface area contributed by atoms with Gasteiger partial charge in [-0.2, -0.15) is 0 Å². The SMILES string of the molecule is CCOCCC(Sc1ccc(C)cc1)C(=O)O.c1cc2cc-2c1. The third kappa shape index (κ3) is 6.08. The van der Waals surface area contributed by atoms with Gasteiger partial charge in [0.15, 0.2) is 0 Å². The zero-order valence-electron chi connectivity index (χ0n) is 13.5. The molecule has 2 aliphatic carbocycles. The molecule has 0 saturated carbocycles. The molecule has 122 valence electrons. The highest BCUT2D eigenvalue weighted by atomic mass is 32.2. The number of carboxylic acids is 1. The lowest BCUT2D eigenvalue weighted by atomic mass is 10.2. The van der Waals surface area contributed by atoms with Gasteiger partial charge in [0.05, 0.1) is 0 Å². The Morgan fingerprint density at radius 3 is 2.26 bits per heavy atom. The third-order valence-electron chi connectivity index (χ3n) is 3.42. The number of hydrogen-bond donors (Lipinski definition) is 1. The summed E-state index contributed by atoms with van der Waals surface area (Å²) >= 11 is 1.38. The van der Waals surface area contributed by atoms with Crippen LogP contribution in [0.4, 0.5) is 0 Å². The molecular formula is C19H22O3S. The minimum absolute atomic E-state index is 0.441. The van der Waals surface area contributed by atoms with Gasteiger partial charge in [0.25, 0.3) is 0 Å². The number of thioether (sulfide) groups is 1. The smallest absolute Gasteiger partial charge is 0.317 e. The molecule has 0 radical (unpaired) electrons. The lowest BCUT2D eigenvalue weighted by Gasteiger charge is -2.12. The average Bonchev–Trinajstić information content (AvgIpc) is 3.14. The van der Waals surface area contributed by atoms with E-state index in [1.54, 1.807) is 0 Å². The predicted octanol–water partition coefficient (Wildman–Crippen LogP) is 4.63. The van der Waals surface area contributed by atoms with E-state index in [-0.39, 0.29) is 0 Å². The number of benzene rings is 2. The summed E-state index contributed by atoms with van der Waals surface area (Å²) in [6, 6.07) is 16.4. The highest BCUT2D eigenvalue weighted by molar-refractivity contribution is 8.00. The second-order valence-electron chi connectivity index (χ2n) is 5.32. The van der Waals surface area contributed by atoms with E-state index in [1.807, 2.05) is 38.1 Å². The molecule has 23 heavy (non-hydrogen) atoms. The Hall–Kier alpha value is -1.78. The fourth-order valence-electron chi connectivity index (χ4n) is 2.02. The van der Waals surface area contributed by atoms with Crippen LogP contribution in [0.2, 0.25) is 0 Å². The Kier molecular flexibility index (Phi) is 6.68. The van der Waals surface area contributed by atoms with Gasteiger partial charge in [-0.3, -0.25) is 4.79 Å². The molecule has 0 bridgehead atoms. The highest BCUT2D eigenvalue weighted by Crippen LogP contribution is 2.32. The van der Waals surface area contributed by atoms with Gasteiger partial charge in [-0.1, -0.05) is 35.9 Å². The molecule has 4 heteroatoms. The van der Waals surface area contributed by atoms with E-state index in [1.165, 1.54) is 28.5 Å². The van der Waals surface area contributed by atoms with E-state index in [0.29, 0.717) is 19.6 Å². The molecule has 0 heterocycles. The first-order chi connectivity index (χ1) is 11.1. The maximum atomic E-state index is 11.1. The van der Waals surface area contributed by atoms with Crippen molar-refractivity contribution in [1.29, 1.82) is 0 Å². The van der Waals surface area contributed by atoms with Crippen molar-refractivity contribution in [2.75, 3.05) is 13.2 Å². The predicted molar refractivity (Wildman–Crippen MR) is 95.0 cm³/mol. The maximum Gasteiger partial charge on any atom is 0.317 e. The Balaban J connectivity index is 0.000000260. The van der Waals surface area contributed by atoms with Gasteiger partial charge in [0.1, 0.15) is 5.25 Å². The summed E-state index contributed by atoms with van der Waals surface area (Å²) in [6.07, 6.45) is 0.529. The lowest BCUT2D eigenvalue weighted by Crippen LogP contribution is -2.18. The fraction of sp³-hybridized carbons (Fsp3) is 0.316. The van der Waals surface area contributed by atoms with Gasteiger partial charge in [0.2, 0.25) is 0 Å². The number of hydrogen-bond acceptors (Lipinski definition) is 3. The van der Waals surface area contributed by atoms with Crippen molar-refractivity contribution in [3.8, 4) is 11.1 Å². The van der Waals surface area contributed by atoms with Crippen LogP contribution in [0.15, 0.2) is 53.4 Å². The number of carboxylic acid groups (broad SMARTS) is 1. The van der Waals surface area contributed by atoms with Crippen molar-refractivity contribution < 1.29 is 14.6 Å². The van der Waals surface area contributed by atoms with Crippen LogP contribution in [0.5, 0.6) is 0 Å². The zero-order chi connectivity index (χ0) is 16.7. The molecule has 1 N–H and O–H groups in total. The second-order valence-corrected chi connectivity index (χ2v) is 6.60. The van der Waals surface area contributed by atoms with Crippen molar-refractivity contribution >= 4 is 17.7 Å². The number of rotatable bonds is 7. The summed E-state index contributed by atoms with van der Waals surface area (Å²) in [6.45, 7) is 5.04. The third-order valence-corrected chi connectivity index (χ3v) is 4.68. The summed E-state index contributed by atoms with van der Waals surface area (Å²) in [4.78, 5) is 12.1. The van der Waals surface area contributed by atoms with Crippen LogP contribution >= 0.6 is 11.8 Å². The minimum Gasteiger partial charge on any atom is -0.480 e. The molecular weight excluding hydrogens is 308 g/mol. The Morgan fingerprint density at radius 1 is 1.17 bits per heavy atom. The first-order valence-corrected chi connectivity index (χ1v) is 8.62. The molecule has 0 amide bonds. The fourth-order valence-corrected chi connectivity index (χ4v) is 2.96. The van der Waals surface area contributed by atoms with Crippen LogP contribution in [-0.2, 0) is 9.53 Å². The van der Waals surface area contributed by atoms with Crippen LogP contribution in [0.3, 0.4) is 0 Å². The molecule has 0 spiro atoms. The molecule has 3 nitrogen and oxygen atoms in total. The van der Waals surface area contributed by atoms with Crippen molar-refractivity contribution in [2.24, 2.45) is 0 Å². The van der Waals surface area contributed by atoms with E-state index in [4.69, 9.17) is 9.84 Å². The Morgan fingerprint density at radius 2 is 1.83 bits per heavy atom. The molecule has 0 aromatic heterocycles. The average molecular weight is 330 g/mol. The molecule has 3 rings (SSSR count). The largest absolute Gasteiger partial charge is 0.480 e. The normalized spacial score (nSPS) is 12.1. The van der Waals surface area contributed by atoms with Crippen molar-refractivity contribution in [2.45, 2.75) is 30.4 Å². The van der Waals surface area contributed by atoms with Crippen LogP contribution < -0.4 is 0 Å². The number of carbonyl (C=O) groups is 1. The molecule has 1 aromatic rings. The molecule has 0 saturated heterocycles. The van der Waals surface area contributed by atoms with E-state index in [9.17, 15) is 4.79 Å². The standard InChI is InChI=1S/C13H18O3S.C6H4/c1-3-16-9-8-12(13(14)15)17-11-6-4-10(2)5-7-11;1-2-5-4-6(5)3-1/h4-7,12H,3,8-9H2,1-2H3,(H,14,15);1-4H. The summed E-state index contributed by atoms with van der Waals surface area (Å²) < 4.78 is 5.19. The highest BCUT2D eigenvalue weighted by Gasteiger charge is 2.18. The molecule has 0 fully saturated rings. The van der Waals surface area contributed by atoms with Gasteiger partial charge < -0.3 is 9.84 Å². The summed E-state index contributed by atoms with van der Waals surface area (Å²) in [5.74, 6) is -0.782. The van der Waals surface area contributed by atoms with Crippen LogP contribution in [-0.4, -0.2) is 29.5 Å². The van der Waals surface area contributed by atoms with E-state index in [2.05, 4.69) is 24.3 Å². The molecule has 0 aliphatic heterocycles. The number of aryl methyl sites for hydroxylation is 1. The van der Waals surface area contributed by atoms with Crippen molar-refractivity contribution in [3.63, 3.8) is 0 Å². The van der Waals surface area contributed by atoms with Gasteiger partial charge in [-0.15, -0.1) is 11.8 Å². The van der Waals surface area contributed by atoms with Crippen LogP contribution in [0.1, 0.15) is 18.9 Å². The summed E-state index contributed by atoms with van der Waals surface area (Å²) in [5.41, 5.74) is 4.03. The van der Waals surface area contributed by atoms with Gasteiger partial charge in [-0.25, -0.2) is 0 Å². The second kappa shape index (κ2) is 8.75. The number of ether oxygens (including phenoxy) is 1. The van der Waals surface area contributed by atoms with E-state index >= 15 is 0 Å². The lowest BCUT2D eigenvalue weighted by molar-refractivity contribution is -0.136. The quantitative estimate of drug-likeness (QED) is 0.506.